The van der Waals surface area contributed by atoms with Crippen LogP contribution < -0.4 is 10.9 Å². The summed E-state index contributed by atoms with van der Waals surface area (Å²) in [5, 5.41) is 1.52. The molecule has 0 bridgehead atoms. The molecule has 0 aliphatic carbocycles. The Labute approximate surface area is 82.0 Å². The number of nitrogens with two attached hydrogens (primary N) is 1. The number of benzene rings is 1. The van der Waals surface area contributed by atoms with E-state index in [4.69, 9.17) is 5.73 Å². The Balaban J connectivity index is 3.01. The highest BCUT2D eigenvalue weighted by Crippen LogP contribution is 2.13. The van der Waals surface area contributed by atoms with Gasteiger partial charge in [0.1, 0.15) is 0 Å². The lowest BCUT2D eigenvalue weighted by atomic mass is 10.4. The van der Waals surface area contributed by atoms with Crippen molar-refractivity contribution in [1.29, 1.82) is 0 Å². The van der Waals surface area contributed by atoms with Gasteiger partial charge in [0, 0.05) is 0 Å². The molecule has 1 aromatic rings. The topological polar surface area (TPSA) is 26.0 Å². The monoisotopic (exact) mass is 193 g/mol. The standard InChI is InChI=1S/C11H19NSi/c1-3-13(4-2,10-12)11-8-6-5-7-9-11/h5-9H,3-4,10,12H2,1-2H3. The molecule has 0 aliphatic heterocycles. The van der Waals surface area contributed by atoms with Gasteiger partial charge in [-0.05, 0) is 6.17 Å². The number of rotatable bonds is 4. The molecule has 1 aromatic carbocycles. The zero-order valence-corrected chi connectivity index (χ0v) is 9.59. The predicted octanol–water partition coefficient (Wildman–Crippen LogP) is 1.88. The van der Waals surface area contributed by atoms with Gasteiger partial charge in [0.2, 0.25) is 0 Å². The summed E-state index contributed by atoms with van der Waals surface area (Å²) in [6.07, 6.45) is 0.879. The average Bonchev–Trinajstić information content (AvgIpc) is 2.23. The summed E-state index contributed by atoms with van der Waals surface area (Å²) >= 11 is 0. The molecule has 0 aliphatic rings. The molecule has 72 valence electrons. The first kappa shape index (κ1) is 10.5. The first-order chi connectivity index (χ1) is 6.29. The van der Waals surface area contributed by atoms with E-state index in [9.17, 15) is 0 Å². The second-order valence-corrected chi connectivity index (χ2v) is 8.52. The maximum Gasteiger partial charge on any atom is 0.0997 e. The van der Waals surface area contributed by atoms with Crippen LogP contribution >= 0.6 is 0 Å². The third kappa shape index (κ3) is 2.01. The minimum absolute atomic E-state index is 0.879. The summed E-state index contributed by atoms with van der Waals surface area (Å²) in [6.45, 7) is 4.55. The van der Waals surface area contributed by atoms with Crippen LogP contribution in [0.1, 0.15) is 13.8 Å². The van der Waals surface area contributed by atoms with E-state index in [0.29, 0.717) is 0 Å². The lowest BCUT2D eigenvalue weighted by Gasteiger charge is -2.28. The quantitative estimate of drug-likeness (QED) is 0.726. The van der Waals surface area contributed by atoms with Gasteiger partial charge in [0.25, 0.3) is 0 Å². The van der Waals surface area contributed by atoms with Crippen LogP contribution in [0.25, 0.3) is 0 Å². The van der Waals surface area contributed by atoms with Gasteiger partial charge in [-0.3, -0.25) is 0 Å². The fraction of sp³-hybridized carbons (Fsp3) is 0.455. The Bertz CT molecular complexity index is 233. The minimum Gasteiger partial charge on any atom is -0.333 e. The zero-order valence-electron chi connectivity index (χ0n) is 8.59. The lowest BCUT2D eigenvalue weighted by molar-refractivity contribution is 1.17. The Morgan fingerprint density at radius 1 is 1.08 bits per heavy atom. The second kappa shape index (κ2) is 4.58. The first-order valence-electron chi connectivity index (χ1n) is 5.04. The highest BCUT2D eigenvalue weighted by atomic mass is 28.3. The van der Waals surface area contributed by atoms with Crippen LogP contribution in [0.2, 0.25) is 12.1 Å². The molecule has 0 amide bonds. The van der Waals surface area contributed by atoms with Crippen molar-refractivity contribution in [2.24, 2.45) is 5.73 Å². The van der Waals surface area contributed by atoms with E-state index in [2.05, 4.69) is 44.2 Å². The molecule has 0 heterocycles. The highest BCUT2D eigenvalue weighted by molar-refractivity contribution is 6.91. The zero-order chi connectivity index (χ0) is 9.73. The third-order valence-electron chi connectivity index (χ3n) is 3.13. The van der Waals surface area contributed by atoms with Gasteiger partial charge in [-0.15, -0.1) is 0 Å². The van der Waals surface area contributed by atoms with Crippen LogP contribution in [0, 0.1) is 0 Å². The van der Waals surface area contributed by atoms with Crippen LogP contribution in [0.15, 0.2) is 30.3 Å². The van der Waals surface area contributed by atoms with E-state index in [0.717, 1.165) is 6.17 Å². The molecule has 0 aromatic heterocycles. The van der Waals surface area contributed by atoms with Crippen molar-refractivity contribution in [3.8, 4) is 0 Å². The molecule has 0 atom stereocenters. The molecule has 0 saturated heterocycles. The fourth-order valence-corrected chi connectivity index (χ4v) is 4.89. The van der Waals surface area contributed by atoms with Crippen molar-refractivity contribution in [2.75, 3.05) is 6.17 Å². The average molecular weight is 193 g/mol. The maximum absolute atomic E-state index is 5.92. The first-order valence-corrected chi connectivity index (χ1v) is 7.67. The van der Waals surface area contributed by atoms with Crippen LogP contribution in [-0.2, 0) is 0 Å². The summed E-state index contributed by atoms with van der Waals surface area (Å²) in [6, 6.07) is 13.3. The third-order valence-corrected chi connectivity index (χ3v) is 8.18. The van der Waals surface area contributed by atoms with Gasteiger partial charge >= 0.3 is 0 Å². The number of hydrogen-bond donors (Lipinski definition) is 1. The minimum atomic E-state index is -1.32. The fourth-order valence-electron chi connectivity index (χ4n) is 1.86. The van der Waals surface area contributed by atoms with Gasteiger partial charge in [-0.25, -0.2) is 0 Å². The van der Waals surface area contributed by atoms with Crippen molar-refractivity contribution in [2.45, 2.75) is 25.9 Å². The van der Waals surface area contributed by atoms with Gasteiger partial charge in [0.05, 0.1) is 8.07 Å². The number of hydrogen-bond acceptors (Lipinski definition) is 1. The molecule has 13 heavy (non-hydrogen) atoms. The van der Waals surface area contributed by atoms with Crippen LogP contribution in [0.5, 0.6) is 0 Å². The molecule has 0 saturated carbocycles. The normalized spacial score (nSPS) is 11.6. The molecule has 0 fully saturated rings. The Morgan fingerprint density at radius 3 is 2.00 bits per heavy atom. The van der Waals surface area contributed by atoms with E-state index in [-0.39, 0.29) is 0 Å². The summed E-state index contributed by atoms with van der Waals surface area (Å²) in [5.74, 6) is 0. The van der Waals surface area contributed by atoms with Crippen molar-refractivity contribution in [3.63, 3.8) is 0 Å². The Hall–Kier alpha value is -0.603. The maximum atomic E-state index is 5.92. The summed E-state index contributed by atoms with van der Waals surface area (Å²) < 4.78 is 0. The molecule has 2 heteroatoms. The second-order valence-electron chi connectivity index (χ2n) is 3.56. The van der Waals surface area contributed by atoms with E-state index in [1.807, 2.05) is 0 Å². The van der Waals surface area contributed by atoms with Crippen LogP contribution in [0.3, 0.4) is 0 Å². The van der Waals surface area contributed by atoms with Gasteiger partial charge < -0.3 is 5.73 Å². The smallest absolute Gasteiger partial charge is 0.0997 e. The van der Waals surface area contributed by atoms with E-state index in [1.54, 1.807) is 0 Å². The van der Waals surface area contributed by atoms with Crippen molar-refractivity contribution in [1.82, 2.24) is 0 Å². The largest absolute Gasteiger partial charge is 0.333 e. The molecule has 0 spiro atoms. The Morgan fingerprint density at radius 2 is 1.62 bits per heavy atom. The van der Waals surface area contributed by atoms with Gasteiger partial charge in [-0.1, -0.05) is 61.5 Å². The highest BCUT2D eigenvalue weighted by Gasteiger charge is 2.28. The van der Waals surface area contributed by atoms with E-state index in [1.165, 1.54) is 17.3 Å². The van der Waals surface area contributed by atoms with Crippen molar-refractivity contribution in [3.05, 3.63) is 30.3 Å². The van der Waals surface area contributed by atoms with Gasteiger partial charge in [0.15, 0.2) is 0 Å². The molecule has 0 unspecified atom stereocenters. The molecule has 1 nitrogen and oxygen atoms in total. The molecular formula is C11H19NSi. The van der Waals surface area contributed by atoms with E-state index >= 15 is 0 Å². The van der Waals surface area contributed by atoms with E-state index < -0.39 is 8.07 Å². The SMILES string of the molecule is CC[Si](CC)(CN)c1ccccc1. The molecular weight excluding hydrogens is 174 g/mol. The summed E-state index contributed by atoms with van der Waals surface area (Å²) in [5.41, 5.74) is 5.92. The lowest BCUT2D eigenvalue weighted by Crippen LogP contribution is -2.53. The Kier molecular flexibility index (Phi) is 3.69. The van der Waals surface area contributed by atoms with Gasteiger partial charge in [-0.2, -0.15) is 0 Å². The van der Waals surface area contributed by atoms with Crippen LogP contribution in [-0.4, -0.2) is 14.2 Å². The molecule has 1 rings (SSSR count). The summed E-state index contributed by atoms with van der Waals surface area (Å²) in [4.78, 5) is 0. The van der Waals surface area contributed by atoms with Crippen molar-refractivity contribution < 1.29 is 0 Å². The van der Waals surface area contributed by atoms with Crippen LogP contribution in [0.4, 0.5) is 0 Å². The molecule has 0 radical (unpaired) electrons. The predicted molar refractivity (Wildman–Crippen MR) is 61.8 cm³/mol. The summed E-state index contributed by atoms with van der Waals surface area (Å²) in [7, 11) is -1.32. The molecule has 2 N–H and O–H groups in total. The van der Waals surface area contributed by atoms with Crippen molar-refractivity contribution >= 4 is 13.3 Å².